The van der Waals surface area contributed by atoms with Gasteiger partial charge in [0, 0.05) is 6.92 Å². The summed E-state index contributed by atoms with van der Waals surface area (Å²) in [6, 6.07) is 2.89. The Balaban J connectivity index is 1.95. The Hall–Kier alpha value is -2.22. The molecule has 0 aliphatic carbocycles. The lowest BCUT2D eigenvalue weighted by atomic mass is 10.0. The molecule has 0 spiro atoms. The lowest BCUT2D eigenvalue weighted by Gasteiger charge is -2.21. The van der Waals surface area contributed by atoms with Crippen LogP contribution in [0, 0.1) is 12.8 Å². The maximum Gasteiger partial charge on any atom is 0.262 e. The fraction of sp³-hybridized carbons (Fsp3) is 0.429. The lowest BCUT2D eigenvalue weighted by Crippen LogP contribution is -2.49. The second-order valence-electron chi connectivity index (χ2n) is 5.12. The van der Waals surface area contributed by atoms with E-state index in [0.29, 0.717) is 16.6 Å². The van der Waals surface area contributed by atoms with Gasteiger partial charge in [-0.3, -0.25) is 9.59 Å². The summed E-state index contributed by atoms with van der Waals surface area (Å²) >= 11 is 1.33. The van der Waals surface area contributed by atoms with Crippen LogP contribution >= 0.6 is 11.3 Å². The van der Waals surface area contributed by atoms with E-state index in [9.17, 15) is 9.59 Å². The van der Waals surface area contributed by atoms with Crippen molar-refractivity contribution in [1.29, 1.82) is 0 Å². The number of nitrogens with one attached hydrogen (secondary N) is 2. The van der Waals surface area contributed by atoms with Crippen LogP contribution in [0.15, 0.2) is 22.0 Å². The van der Waals surface area contributed by atoms with Gasteiger partial charge in [0.15, 0.2) is 5.82 Å². The van der Waals surface area contributed by atoms with Crippen molar-refractivity contribution in [1.82, 2.24) is 20.8 Å². The minimum absolute atomic E-state index is 0.0454. The molecule has 0 saturated heterocycles. The highest BCUT2D eigenvalue weighted by Crippen LogP contribution is 2.10. The van der Waals surface area contributed by atoms with Crippen molar-refractivity contribution in [2.45, 2.75) is 33.4 Å². The van der Waals surface area contributed by atoms with E-state index in [4.69, 9.17) is 4.52 Å². The number of carbonyl (C=O) groups is 2. The van der Waals surface area contributed by atoms with Crippen LogP contribution in [0.25, 0.3) is 0 Å². The molecule has 2 aromatic rings. The van der Waals surface area contributed by atoms with Crippen molar-refractivity contribution in [3.63, 3.8) is 0 Å². The zero-order valence-electron chi connectivity index (χ0n) is 12.6. The van der Waals surface area contributed by atoms with E-state index < -0.39 is 6.04 Å². The van der Waals surface area contributed by atoms with Crippen LogP contribution in [0.3, 0.4) is 0 Å². The third-order valence-electron chi connectivity index (χ3n) is 2.97. The topological polar surface area (TPSA) is 97.1 Å². The molecule has 0 aliphatic rings. The van der Waals surface area contributed by atoms with Gasteiger partial charge in [0.2, 0.25) is 11.8 Å². The van der Waals surface area contributed by atoms with E-state index in [-0.39, 0.29) is 24.3 Å². The van der Waals surface area contributed by atoms with Crippen molar-refractivity contribution in [2.24, 2.45) is 5.92 Å². The maximum absolute atomic E-state index is 12.3. The molecule has 2 amide bonds. The molecule has 2 heterocycles. The third kappa shape index (κ3) is 4.14. The Morgan fingerprint density at radius 3 is 2.73 bits per heavy atom. The summed E-state index contributed by atoms with van der Waals surface area (Å²) in [5.41, 5.74) is 0. The number of hydrogen-bond acceptors (Lipinski definition) is 6. The number of amides is 2. The van der Waals surface area contributed by atoms with Gasteiger partial charge in [0.05, 0.1) is 11.4 Å². The van der Waals surface area contributed by atoms with Crippen LogP contribution in [0.4, 0.5) is 0 Å². The molecular formula is C14H18N4O3S. The monoisotopic (exact) mass is 322 g/mol. The van der Waals surface area contributed by atoms with Gasteiger partial charge in [-0.15, -0.1) is 11.3 Å². The minimum Gasteiger partial charge on any atom is -0.347 e. The molecule has 7 nitrogen and oxygen atoms in total. The highest BCUT2D eigenvalue weighted by atomic mass is 32.1. The van der Waals surface area contributed by atoms with E-state index in [1.54, 1.807) is 19.1 Å². The van der Waals surface area contributed by atoms with E-state index >= 15 is 0 Å². The first kappa shape index (κ1) is 16.2. The van der Waals surface area contributed by atoms with Gasteiger partial charge in [-0.05, 0) is 17.4 Å². The predicted molar refractivity (Wildman–Crippen MR) is 81.3 cm³/mol. The molecule has 2 N–H and O–H groups in total. The number of carbonyl (C=O) groups excluding carboxylic acids is 2. The molecular weight excluding hydrogens is 304 g/mol. The number of hydrogen-bond donors (Lipinski definition) is 2. The van der Waals surface area contributed by atoms with Crippen LogP contribution in [0.5, 0.6) is 0 Å². The van der Waals surface area contributed by atoms with Gasteiger partial charge in [0.25, 0.3) is 5.91 Å². The first-order valence-electron chi connectivity index (χ1n) is 6.88. The van der Waals surface area contributed by atoms with Gasteiger partial charge >= 0.3 is 0 Å². The second kappa shape index (κ2) is 7.17. The Labute approximate surface area is 132 Å². The van der Waals surface area contributed by atoms with Gasteiger partial charge in [-0.1, -0.05) is 25.1 Å². The lowest BCUT2D eigenvalue weighted by molar-refractivity contribution is -0.124. The molecule has 0 unspecified atom stereocenters. The summed E-state index contributed by atoms with van der Waals surface area (Å²) in [5.74, 6) is 0.270. The quantitative estimate of drug-likeness (QED) is 0.840. The maximum atomic E-state index is 12.3. The fourth-order valence-electron chi connectivity index (χ4n) is 1.84. The number of thiophene rings is 1. The SMILES string of the molecule is Cc1nc(CNC(=O)[C@@H](NC(=O)c2cccs2)C(C)C)no1. The third-order valence-corrected chi connectivity index (χ3v) is 3.84. The molecule has 0 radical (unpaired) electrons. The Morgan fingerprint density at radius 1 is 1.41 bits per heavy atom. The number of aromatic nitrogens is 2. The molecule has 0 fully saturated rings. The second-order valence-corrected chi connectivity index (χ2v) is 6.07. The summed E-state index contributed by atoms with van der Waals surface area (Å²) < 4.78 is 4.84. The fourth-order valence-corrected chi connectivity index (χ4v) is 2.47. The van der Waals surface area contributed by atoms with E-state index in [2.05, 4.69) is 20.8 Å². The van der Waals surface area contributed by atoms with E-state index in [1.165, 1.54) is 11.3 Å². The van der Waals surface area contributed by atoms with Gasteiger partial charge in [0.1, 0.15) is 6.04 Å². The van der Waals surface area contributed by atoms with Crippen LogP contribution in [-0.2, 0) is 11.3 Å². The molecule has 0 aromatic carbocycles. The predicted octanol–water partition coefficient (Wildman–Crippen LogP) is 1.51. The minimum atomic E-state index is -0.623. The summed E-state index contributed by atoms with van der Waals surface area (Å²) in [6.45, 7) is 5.58. The van der Waals surface area contributed by atoms with Crippen LogP contribution in [-0.4, -0.2) is 28.0 Å². The molecule has 0 aliphatic heterocycles. The molecule has 1 atom stereocenters. The zero-order chi connectivity index (χ0) is 16.1. The van der Waals surface area contributed by atoms with E-state index in [0.717, 1.165) is 0 Å². The van der Waals surface area contributed by atoms with Crippen molar-refractivity contribution < 1.29 is 14.1 Å². The van der Waals surface area contributed by atoms with Crippen LogP contribution in [0.1, 0.15) is 35.2 Å². The van der Waals surface area contributed by atoms with Crippen molar-refractivity contribution in [2.75, 3.05) is 0 Å². The van der Waals surface area contributed by atoms with Crippen molar-refractivity contribution in [3.8, 4) is 0 Å². The van der Waals surface area contributed by atoms with E-state index in [1.807, 2.05) is 19.2 Å². The molecule has 0 saturated carbocycles. The van der Waals surface area contributed by atoms with Gasteiger partial charge in [-0.25, -0.2) is 0 Å². The number of nitrogens with zero attached hydrogens (tertiary/aromatic N) is 2. The average molecular weight is 322 g/mol. The van der Waals surface area contributed by atoms with Gasteiger partial charge < -0.3 is 15.2 Å². The Kier molecular flexibility index (Phi) is 5.26. The summed E-state index contributed by atoms with van der Waals surface area (Å²) in [5, 5.41) is 11.0. The molecule has 0 bridgehead atoms. The zero-order valence-corrected chi connectivity index (χ0v) is 13.4. The molecule has 8 heteroatoms. The molecule has 2 rings (SSSR count). The highest BCUT2D eigenvalue weighted by Gasteiger charge is 2.25. The van der Waals surface area contributed by atoms with Crippen LogP contribution < -0.4 is 10.6 Å². The molecule has 2 aromatic heterocycles. The number of aryl methyl sites for hydroxylation is 1. The highest BCUT2D eigenvalue weighted by molar-refractivity contribution is 7.12. The largest absolute Gasteiger partial charge is 0.347 e. The van der Waals surface area contributed by atoms with Crippen molar-refractivity contribution in [3.05, 3.63) is 34.1 Å². The normalized spacial score (nSPS) is 12.2. The molecule has 22 heavy (non-hydrogen) atoms. The molecule has 118 valence electrons. The standard InChI is InChI=1S/C14H18N4O3S/c1-8(2)12(17-13(19)10-5-4-6-22-10)14(20)15-7-11-16-9(3)21-18-11/h4-6,8,12H,7H2,1-3H3,(H,15,20)(H,17,19)/t12-/m0/s1. The van der Waals surface area contributed by atoms with Gasteiger partial charge in [-0.2, -0.15) is 4.98 Å². The smallest absolute Gasteiger partial charge is 0.262 e. The Morgan fingerprint density at radius 2 is 2.18 bits per heavy atom. The van der Waals surface area contributed by atoms with Crippen LogP contribution in [0.2, 0.25) is 0 Å². The first-order chi connectivity index (χ1) is 10.5. The summed E-state index contributed by atoms with van der Waals surface area (Å²) in [6.07, 6.45) is 0. The number of rotatable bonds is 6. The summed E-state index contributed by atoms with van der Waals surface area (Å²) in [4.78, 5) is 28.9. The first-order valence-corrected chi connectivity index (χ1v) is 7.76. The Bertz CT molecular complexity index is 636. The average Bonchev–Trinajstić information content (AvgIpc) is 3.13. The summed E-state index contributed by atoms with van der Waals surface area (Å²) in [7, 11) is 0. The van der Waals surface area contributed by atoms with Crippen molar-refractivity contribution >= 4 is 23.2 Å².